The highest BCUT2D eigenvalue weighted by molar-refractivity contribution is 8.19. The number of anilines is 1. The van der Waals surface area contributed by atoms with E-state index in [2.05, 4.69) is 0 Å². The zero-order valence-electron chi connectivity index (χ0n) is 10.1. The van der Waals surface area contributed by atoms with Gasteiger partial charge >= 0.3 is 0 Å². The molecule has 20 heavy (non-hydrogen) atoms. The average Bonchev–Trinajstić information content (AvgIpc) is 2.96. The van der Waals surface area contributed by atoms with Crippen LogP contribution in [0, 0.1) is 0 Å². The van der Waals surface area contributed by atoms with Crippen molar-refractivity contribution in [2.24, 2.45) is 0 Å². The van der Waals surface area contributed by atoms with Crippen molar-refractivity contribution in [3.8, 4) is 0 Å². The Hall–Kier alpha value is -1.56. The average molecular weight is 322 g/mol. The molecule has 2 heterocycles. The van der Waals surface area contributed by atoms with Crippen LogP contribution in [-0.4, -0.2) is 11.1 Å². The lowest BCUT2D eigenvalue weighted by atomic mass is 10.3. The summed E-state index contributed by atoms with van der Waals surface area (Å²) in [6.07, 6.45) is 1.70. The van der Waals surface area contributed by atoms with Crippen LogP contribution in [-0.2, 0) is 4.79 Å². The zero-order chi connectivity index (χ0) is 14.1. The maximum atomic E-state index is 12.3. The minimum atomic E-state index is -0.296. The van der Waals surface area contributed by atoms with Crippen molar-refractivity contribution in [3.63, 3.8) is 0 Å². The molecule has 1 aliphatic rings. The van der Waals surface area contributed by atoms with Crippen molar-refractivity contribution in [2.75, 3.05) is 4.90 Å². The number of benzene rings is 1. The number of rotatable bonds is 2. The summed E-state index contributed by atoms with van der Waals surface area (Å²) in [6.45, 7) is 0. The molecule has 2 amide bonds. The van der Waals surface area contributed by atoms with E-state index in [-0.39, 0.29) is 11.1 Å². The van der Waals surface area contributed by atoms with E-state index in [1.807, 2.05) is 12.1 Å². The first kappa shape index (κ1) is 13.4. The molecule has 0 aliphatic carbocycles. The molecule has 6 heteroatoms. The van der Waals surface area contributed by atoms with Crippen molar-refractivity contribution in [1.29, 1.82) is 0 Å². The third-order valence-electron chi connectivity index (χ3n) is 2.68. The molecule has 0 unspecified atom stereocenters. The highest BCUT2D eigenvalue weighted by Gasteiger charge is 2.36. The highest BCUT2D eigenvalue weighted by atomic mass is 35.5. The number of carbonyl (C=O) groups is 2. The monoisotopic (exact) mass is 321 g/mol. The van der Waals surface area contributed by atoms with Crippen LogP contribution in [0.1, 0.15) is 4.88 Å². The third kappa shape index (κ3) is 2.52. The summed E-state index contributed by atoms with van der Waals surface area (Å²) in [7, 11) is 0. The quantitative estimate of drug-likeness (QED) is 0.756. The summed E-state index contributed by atoms with van der Waals surface area (Å²) >= 11 is 8.17. The van der Waals surface area contributed by atoms with Gasteiger partial charge in [0.15, 0.2) is 0 Å². The Morgan fingerprint density at radius 2 is 1.80 bits per heavy atom. The third-order valence-corrected chi connectivity index (χ3v) is 4.72. The summed E-state index contributed by atoms with van der Waals surface area (Å²) in [5.41, 5.74) is 0.586. The molecule has 0 N–H and O–H groups in total. The van der Waals surface area contributed by atoms with Crippen LogP contribution in [0.3, 0.4) is 0 Å². The Kier molecular flexibility index (Phi) is 3.65. The lowest BCUT2D eigenvalue weighted by Gasteiger charge is -2.11. The van der Waals surface area contributed by atoms with Gasteiger partial charge in [0.25, 0.3) is 11.1 Å². The molecule has 1 aromatic carbocycles. The van der Waals surface area contributed by atoms with Crippen LogP contribution in [0.25, 0.3) is 6.08 Å². The summed E-state index contributed by atoms with van der Waals surface area (Å²) in [5, 5.41) is -0.282. The van der Waals surface area contributed by atoms with Gasteiger partial charge in [-0.2, -0.15) is 0 Å². The van der Waals surface area contributed by atoms with Gasteiger partial charge in [0.1, 0.15) is 0 Å². The second kappa shape index (κ2) is 5.44. The molecular weight excluding hydrogens is 314 g/mol. The van der Waals surface area contributed by atoms with Crippen LogP contribution >= 0.6 is 34.7 Å². The second-order valence-corrected chi connectivity index (χ2v) is 6.73. The van der Waals surface area contributed by atoms with Gasteiger partial charge in [-0.25, -0.2) is 4.90 Å². The van der Waals surface area contributed by atoms with Gasteiger partial charge in [0, 0.05) is 4.88 Å². The van der Waals surface area contributed by atoms with Gasteiger partial charge in [-0.1, -0.05) is 29.8 Å². The fourth-order valence-corrected chi connectivity index (χ4v) is 3.71. The van der Waals surface area contributed by atoms with E-state index in [4.69, 9.17) is 11.6 Å². The van der Waals surface area contributed by atoms with Crippen LogP contribution < -0.4 is 4.90 Å². The Labute approximate surface area is 128 Å². The molecule has 1 saturated heterocycles. The lowest BCUT2D eigenvalue weighted by Crippen LogP contribution is -2.27. The number of hydrogen-bond acceptors (Lipinski definition) is 4. The standard InChI is InChI=1S/C14H8ClNO2S2/c15-12-7-6-10(19-12)8-11-13(17)16(14(18)20-11)9-4-2-1-3-5-9/h1-8H/b11-8+. The Morgan fingerprint density at radius 3 is 2.45 bits per heavy atom. The molecule has 3 nitrogen and oxygen atoms in total. The highest BCUT2D eigenvalue weighted by Crippen LogP contribution is 2.36. The maximum Gasteiger partial charge on any atom is 0.298 e. The number of hydrogen-bond donors (Lipinski definition) is 0. The molecule has 0 spiro atoms. The van der Waals surface area contributed by atoms with Gasteiger partial charge in [-0.15, -0.1) is 11.3 Å². The van der Waals surface area contributed by atoms with Gasteiger partial charge < -0.3 is 0 Å². The Balaban J connectivity index is 1.93. The molecule has 0 bridgehead atoms. The van der Waals surface area contributed by atoms with E-state index in [0.29, 0.717) is 14.9 Å². The number of imide groups is 1. The fourth-order valence-electron chi connectivity index (χ4n) is 1.80. The molecular formula is C14H8ClNO2S2. The minimum absolute atomic E-state index is 0.282. The molecule has 3 rings (SSSR count). The van der Waals surface area contributed by atoms with Crippen LogP contribution in [0.4, 0.5) is 10.5 Å². The van der Waals surface area contributed by atoms with Gasteiger partial charge in [0.05, 0.1) is 14.9 Å². The fraction of sp³-hybridized carbons (Fsp3) is 0. The maximum absolute atomic E-state index is 12.3. The predicted octanol–water partition coefficient (Wildman–Crippen LogP) is 4.64. The molecule has 0 radical (unpaired) electrons. The van der Waals surface area contributed by atoms with Crippen molar-refractivity contribution in [2.45, 2.75) is 0 Å². The van der Waals surface area contributed by atoms with E-state index in [1.165, 1.54) is 16.2 Å². The van der Waals surface area contributed by atoms with Crippen molar-refractivity contribution in [3.05, 3.63) is 56.6 Å². The first-order valence-corrected chi connectivity index (χ1v) is 7.74. The number of para-hydroxylation sites is 1. The first-order valence-electron chi connectivity index (χ1n) is 5.73. The molecule has 1 aliphatic heterocycles. The zero-order valence-corrected chi connectivity index (χ0v) is 12.5. The smallest absolute Gasteiger partial charge is 0.268 e. The normalized spacial score (nSPS) is 17.2. The summed E-state index contributed by atoms with van der Waals surface area (Å²) in [6, 6.07) is 12.5. The summed E-state index contributed by atoms with van der Waals surface area (Å²) in [4.78, 5) is 26.8. The molecule has 2 aromatic rings. The van der Waals surface area contributed by atoms with E-state index in [9.17, 15) is 9.59 Å². The van der Waals surface area contributed by atoms with Crippen LogP contribution in [0.5, 0.6) is 0 Å². The SMILES string of the molecule is O=C1S/C(=C/c2ccc(Cl)s2)C(=O)N1c1ccccc1. The number of nitrogens with zero attached hydrogens (tertiary/aromatic N) is 1. The molecule has 100 valence electrons. The molecule has 1 aromatic heterocycles. The number of halogens is 1. The number of thiophene rings is 1. The number of thioether (sulfide) groups is 1. The van der Waals surface area contributed by atoms with Gasteiger partial charge in [-0.3, -0.25) is 9.59 Å². The lowest BCUT2D eigenvalue weighted by molar-refractivity contribution is -0.113. The number of carbonyl (C=O) groups excluding carboxylic acids is 2. The molecule has 1 fully saturated rings. The summed E-state index contributed by atoms with van der Waals surface area (Å²) in [5.74, 6) is -0.296. The second-order valence-electron chi connectivity index (χ2n) is 3.99. The predicted molar refractivity (Wildman–Crippen MR) is 84.2 cm³/mol. The Morgan fingerprint density at radius 1 is 1.05 bits per heavy atom. The van der Waals surface area contributed by atoms with Crippen LogP contribution in [0.15, 0.2) is 47.4 Å². The topological polar surface area (TPSA) is 37.4 Å². The van der Waals surface area contributed by atoms with Crippen LogP contribution in [0.2, 0.25) is 4.34 Å². The Bertz CT molecular complexity index is 709. The number of amides is 2. The van der Waals surface area contributed by atoms with Crippen molar-refractivity contribution in [1.82, 2.24) is 0 Å². The minimum Gasteiger partial charge on any atom is -0.268 e. The van der Waals surface area contributed by atoms with E-state index in [1.54, 1.807) is 36.4 Å². The van der Waals surface area contributed by atoms with E-state index < -0.39 is 0 Å². The van der Waals surface area contributed by atoms with Gasteiger partial charge in [-0.05, 0) is 42.1 Å². The molecule has 0 saturated carbocycles. The summed E-state index contributed by atoms with van der Waals surface area (Å²) < 4.78 is 0.651. The molecule has 0 atom stereocenters. The van der Waals surface area contributed by atoms with Crippen molar-refractivity contribution < 1.29 is 9.59 Å². The first-order chi connectivity index (χ1) is 9.65. The van der Waals surface area contributed by atoms with E-state index in [0.717, 1.165) is 16.6 Å². The van der Waals surface area contributed by atoms with Gasteiger partial charge in [0.2, 0.25) is 0 Å². The van der Waals surface area contributed by atoms with Crippen molar-refractivity contribution >= 4 is 57.6 Å². The largest absolute Gasteiger partial charge is 0.298 e. The van der Waals surface area contributed by atoms with E-state index >= 15 is 0 Å².